The predicted molar refractivity (Wildman–Crippen MR) is 89.1 cm³/mol. The summed E-state index contributed by atoms with van der Waals surface area (Å²) in [4.78, 5) is 12.1. The number of carbonyl (C=O) groups is 1. The molecule has 2 heterocycles. The number of rotatable bonds is 7. The Morgan fingerprint density at radius 2 is 1.48 bits per heavy atom. The van der Waals surface area contributed by atoms with Crippen molar-refractivity contribution in [2.75, 3.05) is 0 Å². The zero-order valence-corrected chi connectivity index (χ0v) is 14.0. The van der Waals surface area contributed by atoms with Crippen molar-refractivity contribution in [3.63, 3.8) is 0 Å². The van der Waals surface area contributed by atoms with E-state index in [4.69, 9.17) is 8.83 Å². The lowest BCUT2D eigenvalue weighted by molar-refractivity contribution is 0.0948. The maximum Gasteiger partial charge on any atom is 0.251 e. The van der Waals surface area contributed by atoms with Crippen LogP contribution in [-0.2, 0) is 23.1 Å². The van der Waals surface area contributed by atoms with Gasteiger partial charge in [0.2, 0.25) is 10.0 Å². The number of benzene rings is 1. The number of hydrogen-bond donors (Lipinski definition) is 2. The fourth-order valence-electron chi connectivity index (χ4n) is 2.13. The molecule has 0 aliphatic carbocycles. The largest absolute Gasteiger partial charge is 0.468 e. The Hall–Kier alpha value is -2.84. The van der Waals surface area contributed by atoms with Crippen LogP contribution in [-0.4, -0.2) is 14.3 Å². The van der Waals surface area contributed by atoms with Crippen LogP contribution in [0.25, 0.3) is 0 Å². The third kappa shape index (κ3) is 4.37. The fourth-order valence-corrected chi connectivity index (χ4v) is 3.12. The zero-order chi connectivity index (χ0) is 17.7. The Morgan fingerprint density at radius 1 is 0.880 bits per heavy atom. The quantitative estimate of drug-likeness (QED) is 0.673. The van der Waals surface area contributed by atoms with Crippen LogP contribution >= 0.6 is 0 Å². The molecule has 0 radical (unpaired) electrons. The van der Waals surface area contributed by atoms with Gasteiger partial charge in [-0.3, -0.25) is 4.79 Å². The maximum atomic E-state index is 12.2. The molecule has 2 aromatic heterocycles. The van der Waals surface area contributed by atoms with Crippen molar-refractivity contribution in [3.05, 3.63) is 78.1 Å². The topological polar surface area (TPSA) is 102 Å². The molecule has 130 valence electrons. The average Bonchev–Trinajstić information content (AvgIpc) is 3.31. The Morgan fingerprint density at radius 3 is 2.04 bits per heavy atom. The molecular formula is C17H16N2O5S. The van der Waals surface area contributed by atoms with Crippen molar-refractivity contribution in [2.45, 2.75) is 18.0 Å². The molecule has 0 fully saturated rings. The van der Waals surface area contributed by atoms with Crippen LogP contribution in [0.15, 0.2) is 74.8 Å². The Balaban J connectivity index is 1.61. The summed E-state index contributed by atoms with van der Waals surface area (Å²) in [5, 5.41) is 2.69. The Labute approximate surface area is 144 Å². The highest BCUT2D eigenvalue weighted by atomic mass is 32.2. The van der Waals surface area contributed by atoms with Gasteiger partial charge in [0, 0.05) is 5.56 Å². The van der Waals surface area contributed by atoms with Gasteiger partial charge in [0.15, 0.2) is 0 Å². The van der Waals surface area contributed by atoms with Crippen molar-refractivity contribution in [1.29, 1.82) is 0 Å². The van der Waals surface area contributed by atoms with Crippen LogP contribution < -0.4 is 10.0 Å². The number of amides is 1. The third-order valence-corrected chi connectivity index (χ3v) is 4.86. The summed E-state index contributed by atoms with van der Waals surface area (Å²) >= 11 is 0. The number of hydrogen-bond acceptors (Lipinski definition) is 5. The van der Waals surface area contributed by atoms with Crippen molar-refractivity contribution in [3.8, 4) is 0 Å². The second-order valence-electron chi connectivity index (χ2n) is 5.19. The van der Waals surface area contributed by atoms with Gasteiger partial charge in [-0.2, -0.15) is 0 Å². The second-order valence-corrected chi connectivity index (χ2v) is 6.96. The van der Waals surface area contributed by atoms with Crippen LogP contribution in [0.5, 0.6) is 0 Å². The van der Waals surface area contributed by atoms with Gasteiger partial charge < -0.3 is 14.2 Å². The van der Waals surface area contributed by atoms with Gasteiger partial charge in [-0.25, -0.2) is 13.1 Å². The number of furan rings is 2. The van der Waals surface area contributed by atoms with E-state index in [1.165, 1.54) is 36.8 Å². The molecular weight excluding hydrogens is 344 g/mol. The van der Waals surface area contributed by atoms with Crippen molar-refractivity contribution >= 4 is 15.9 Å². The summed E-state index contributed by atoms with van der Waals surface area (Å²) in [5.74, 6) is 0.830. The number of nitrogens with one attached hydrogen (secondary N) is 2. The average molecular weight is 360 g/mol. The third-order valence-electron chi connectivity index (χ3n) is 3.45. The zero-order valence-electron chi connectivity index (χ0n) is 13.1. The molecule has 25 heavy (non-hydrogen) atoms. The maximum absolute atomic E-state index is 12.2. The second kappa shape index (κ2) is 7.37. The van der Waals surface area contributed by atoms with E-state index in [9.17, 15) is 13.2 Å². The van der Waals surface area contributed by atoms with Gasteiger partial charge >= 0.3 is 0 Å². The summed E-state index contributed by atoms with van der Waals surface area (Å²) in [5.41, 5.74) is 0.358. The highest BCUT2D eigenvalue weighted by molar-refractivity contribution is 7.89. The highest BCUT2D eigenvalue weighted by Gasteiger charge is 2.15. The van der Waals surface area contributed by atoms with Gasteiger partial charge in [-0.15, -0.1) is 0 Å². The van der Waals surface area contributed by atoms with E-state index < -0.39 is 10.0 Å². The predicted octanol–water partition coefficient (Wildman–Crippen LogP) is 2.28. The van der Waals surface area contributed by atoms with Gasteiger partial charge in [-0.05, 0) is 48.5 Å². The molecule has 0 bridgehead atoms. The minimum absolute atomic E-state index is 0.0563. The number of carbonyl (C=O) groups excluding carboxylic acids is 1. The van der Waals surface area contributed by atoms with Gasteiger partial charge in [0.05, 0.1) is 30.5 Å². The van der Waals surface area contributed by atoms with Crippen LogP contribution in [0.3, 0.4) is 0 Å². The fraction of sp³-hybridized carbons (Fsp3) is 0.118. The summed E-state index contributed by atoms with van der Waals surface area (Å²) in [6.45, 7) is 0.317. The smallest absolute Gasteiger partial charge is 0.251 e. The first-order chi connectivity index (χ1) is 12.0. The summed E-state index contributed by atoms with van der Waals surface area (Å²) in [6, 6.07) is 12.5. The lowest BCUT2D eigenvalue weighted by Gasteiger charge is -2.07. The summed E-state index contributed by atoms with van der Waals surface area (Å²) in [6.07, 6.45) is 3.00. The van der Waals surface area contributed by atoms with Crippen molar-refractivity contribution in [2.24, 2.45) is 0 Å². The molecule has 3 aromatic rings. The lowest BCUT2D eigenvalue weighted by Crippen LogP contribution is -2.24. The molecule has 0 aliphatic rings. The number of sulfonamides is 1. The van der Waals surface area contributed by atoms with E-state index in [2.05, 4.69) is 10.0 Å². The van der Waals surface area contributed by atoms with Gasteiger partial charge in [0.25, 0.3) is 5.91 Å². The van der Waals surface area contributed by atoms with Gasteiger partial charge in [-0.1, -0.05) is 0 Å². The van der Waals surface area contributed by atoms with Crippen LogP contribution in [0, 0.1) is 0 Å². The van der Waals surface area contributed by atoms with E-state index in [0.717, 1.165) is 0 Å². The molecule has 0 saturated heterocycles. The molecule has 3 rings (SSSR count). The summed E-state index contributed by atoms with van der Waals surface area (Å²) < 4.78 is 37.1. The Bertz CT molecular complexity index is 914. The minimum atomic E-state index is -3.68. The molecule has 1 amide bonds. The van der Waals surface area contributed by atoms with E-state index in [0.29, 0.717) is 17.1 Å². The molecule has 7 nitrogen and oxygen atoms in total. The molecule has 8 heteroatoms. The van der Waals surface area contributed by atoms with Crippen LogP contribution in [0.1, 0.15) is 21.9 Å². The Kier molecular flexibility index (Phi) is 5.01. The SMILES string of the molecule is O=C(NCc1ccco1)c1ccc(S(=O)(=O)NCc2ccco2)cc1. The monoisotopic (exact) mass is 360 g/mol. The molecule has 0 unspecified atom stereocenters. The first kappa shape index (κ1) is 17.0. The first-order valence-electron chi connectivity index (χ1n) is 7.47. The van der Waals surface area contributed by atoms with Crippen LogP contribution in [0.4, 0.5) is 0 Å². The minimum Gasteiger partial charge on any atom is -0.468 e. The summed E-state index contributed by atoms with van der Waals surface area (Å²) in [7, 11) is -3.68. The molecule has 1 aromatic carbocycles. The standard InChI is InChI=1S/C17H16N2O5S/c20-17(18-11-14-3-1-9-23-14)13-5-7-16(8-6-13)25(21,22)19-12-15-4-2-10-24-15/h1-10,19H,11-12H2,(H,18,20). The molecule has 0 spiro atoms. The highest BCUT2D eigenvalue weighted by Crippen LogP contribution is 2.12. The normalized spacial score (nSPS) is 11.4. The van der Waals surface area contributed by atoms with E-state index in [1.807, 2.05) is 0 Å². The van der Waals surface area contributed by atoms with Gasteiger partial charge in [0.1, 0.15) is 11.5 Å². The van der Waals surface area contributed by atoms with E-state index >= 15 is 0 Å². The molecule has 0 atom stereocenters. The molecule has 0 aliphatic heterocycles. The van der Waals surface area contributed by atoms with Crippen molar-refractivity contribution < 1.29 is 22.0 Å². The first-order valence-corrected chi connectivity index (χ1v) is 8.95. The van der Waals surface area contributed by atoms with Crippen molar-refractivity contribution in [1.82, 2.24) is 10.0 Å². The van der Waals surface area contributed by atoms with E-state index in [1.54, 1.807) is 24.3 Å². The lowest BCUT2D eigenvalue weighted by atomic mass is 10.2. The van der Waals surface area contributed by atoms with Crippen LogP contribution in [0.2, 0.25) is 0 Å². The van der Waals surface area contributed by atoms with E-state index in [-0.39, 0.29) is 23.9 Å². The molecule has 0 saturated carbocycles. The molecule has 2 N–H and O–H groups in total.